The highest BCUT2D eigenvalue weighted by molar-refractivity contribution is 7.98. The van der Waals surface area contributed by atoms with E-state index in [0.29, 0.717) is 12.4 Å². The molecule has 0 aliphatic rings. The van der Waals surface area contributed by atoms with Crippen LogP contribution >= 0.6 is 11.8 Å². The van der Waals surface area contributed by atoms with Crippen LogP contribution in [-0.4, -0.2) is 30.7 Å². The van der Waals surface area contributed by atoms with Crippen molar-refractivity contribution in [1.29, 1.82) is 0 Å². The van der Waals surface area contributed by atoms with Crippen molar-refractivity contribution < 1.29 is 14.3 Å². The number of aliphatic hydroxyl groups is 1. The maximum Gasteiger partial charge on any atom is 0.114 e. The van der Waals surface area contributed by atoms with E-state index in [9.17, 15) is 5.11 Å². The van der Waals surface area contributed by atoms with Gasteiger partial charge in [-0.3, -0.25) is 0 Å². The Kier molecular flexibility index (Phi) is 5.83. The normalized spacial score (nSPS) is 13.0. The lowest BCUT2D eigenvalue weighted by atomic mass is 10.4. The van der Waals surface area contributed by atoms with Gasteiger partial charge in [0.1, 0.15) is 11.5 Å². The van der Waals surface area contributed by atoms with E-state index in [2.05, 4.69) is 6.92 Å². The molecule has 1 N–H and O–H groups in total. The minimum atomic E-state index is -0.388. The van der Waals surface area contributed by atoms with E-state index < -0.39 is 0 Å². The van der Waals surface area contributed by atoms with Gasteiger partial charge in [-0.2, -0.15) is 11.8 Å². The van der Waals surface area contributed by atoms with Crippen LogP contribution in [-0.2, 0) is 16.9 Å². The molecule has 3 nitrogen and oxygen atoms in total. The minimum absolute atomic E-state index is 0.388. The number of methoxy groups -OCH3 is 1. The second-order valence-electron chi connectivity index (χ2n) is 3.35. The van der Waals surface area contributed by atoms with Gasteiger partial charge in [-0.05, 0) is 12.1 Å². The van der Waals surface area contributed by atoms with E-state index >= 15 is 0 Å². The van der Waals surface area contributed by atoms with Gasteiger partial charge in [0.2, 0.25) is 0 Å². The topological polar surface area (TPSA) is 42.6 Å². The van der Waals surface area contributed by atoms with Crippen molar-refractivity contribution in [3.8, 4) is 0 Å². The van der Waals surface area contributed by atoms with Crippen molar-refractivity contribution in [2.24, 2.45) is 0 Å². The van der Waals surface area contributed by atoms with Gasteiger partial charge in [0, 0.05) is 19.3 Å². The van der Waals surface area contributed by atoms with Gasteiger partial charge in [0.15, 0.2) is 0 Å². The molecule has 4 heteroatoms. The fourth-order valence-corrected chi connectivity index (χ4v) is 2.07. The highest BCUT2D eigenvalue weighted by atomic mass is 32.2. The van der Waals surface area contributed by atoms with E-state index in [1.54, 1.807) is 18.9 Å². The van der Waals surface area contributed by atoms with Crippen LogP contribution in [0, 0.1) is 0 Å². The maximum absolute atomic E-state index is 9.40. The summed E-state index contributed by atoms with van der Waals surface area (Å²) < 4.78 is 10.4. The van der Waals surface area contributed by atoms with Crippen LogP contribution in [0.1, 0.15) is 18.4 Å². The second-order valence-corrected chi connectivity index (χ2v) is 4.38. The van der Waals surface area contributed by atoms with E-state index in [4.69, 9.17) is 9.15 Å². The predicted octanol–water partition coefficient (Wildman–Crippen LogP) is 2.08. The van der Waals surface area contributed by atoms with E-state index in [0.717, 1.165) is 23.7 Å². The summed E-state index contributed by atoms with van der Waals surface area (Å²) in [4.78, 5) is 0. The van der Waals surface area contributed by atoms with Crippen molar-refractivity contribution in [1.82, 2.24) is 0 Å². The zero-order valence-electron chi connectivity index (χ0n) is 9.23. The lowest BCUT2D eigenvalue weighted by Crippen LogP contribution is -2.16. The lowest BCUT2D eigenvalue weighted by molar-refractivity contribution is 0.0794. The Labute approximate surface area is 94.8 Å². The fraction of sp³-hybridized carbons (Fsp3) is 0.636. The molecule has 86 valence electrons. The molecular weight excluding hydrogens is 212 g/mol. The Morgan fingerprint density at radius 3 is 2.80 bits per heavy atom. The van der Waals surface area contributed by atoms with Gasteiger partial charge in [-0.15, -0.1) is 0 Å². The lowest BCUT2D eigenvalue weighted by Gasteiger charge is -2.07. The molecule has 1 rings (SSSR count). The molecule has 0 bridgehead atoms. The van der Waals surface area contributed by atoms with Crippen LogP contribution in [0.3, 0.4) is 0 Å². The summed E-state index contributed by atoms with van der Waals surface area (Å²) >= 11 is 1.65. The molecule has 0 amide bonds. The average molecular weight is 230 g/mol. The Hall–Kier alpha value is -0.450. The molecular formula is C11H18O3S. The summed E-state index contributed by atoms with van der Waals surface area (Å²) in [5, 5.41) is 9.40. The van der Waals surface area contributed by atoms with Crippen LogP contribution in [0.15, 0.2) is 16.5 Å². The van der Waals surface area contributed by atoms with E-state index in [1.807, 2.05) is 12.1 Å². The number of hydrogen-bond acceptors (Lipinski definition) is 4. The summed E-state index contributed by atoms with van der Waals surface area (Å²) in [6, 6.07) is 4.00. The van der Waals surface area contributed by atoms with Gasteiger partial charge < -0.3 is 14.3 Å². The molecule has 1 aromatic heterocycles. The van der Waals surface area contributed by atoms with Gasteiger partial charge >= 0.3 is 0 Å². The summed E-state index contributed by atoms with van der Waals surface area (Å²) in [6.45, 7) is 2.46. The quantitative estimate of drug-likeness (QED) is 0.779. The molecule has 0 fully saturated rings. The summed E-state index contributed by atoms with van der Waals surface area (Å²) in [6.07, 6.45) is 0.539. The van der Waals surface area contributed by atoms with Crippen LogP contribution in [0.25, 0.3) is 0 Å². The standard InChI is InChI=1S/C11H18O3S/c1-3-10-4-5-11(14-10)8-15-7-9(12)6-13-2/h4-5,9,12H,3,6-8H2,1-2H3. The molecule has 0 aliphatic heterocycles. The van der Waals surface area contributed by atoms with Crippen LogP contribution in [0.4, 0.5) is 0 Å². The smallest absolute Gasteiger partial charge is 0.114 e. The molecule has 0 aromatic carbocycles. The maximum atomic E-state index is 9.40. The SMILES string of the molecule is CCc1ccc(CSCC(O)COC)o1. The van der Waals surface area contributed by atoms with Crippen LogP contribution in [0.2, 0.25) is 0 Å². The zero-order valence-corrected chi connectivity index (χ0v) is 10.0. The first-order valence-corrected chi connectivity index (χ1v) is 6.24. The first-order chi connectivity index (χ1) is 7.26. The molecule has 0 saturated carbocycles. The first kappa shape index (κ1) is 12.6. The molecule has 1 aromatic rings. The van der Waals surface area contributed by atoms with Crippen LogP contribution in [0.5, 0.6) is 0 Å². The fourth-order valence-electron chi connectivity index (χ4n) is 1.23. The second kappa shape index (κ2) is 6.93. The van der Waals surface area contributed by atoms with E-state index in [-0.39, 0.29) is 6.10 Å². The third kappa shape index (κ3) is 4.73. The van der Waals surface area contributed by atoms with Gasteiger partial charge in [0.05, 0.1) is 18.5 Å². The number of aliphatic hydroxyl groups excluding tert-OH is 1. The summed E-state index contributed by atoms with van der Waals surface area (Å²) in [5.41, 5.74) is 0. The number of aryl methyl sites for hydroxylation is 1. The van der Waals surface area contributed by atoms with Crippen LogP contribution < -0.4 is 0 Å². The van der Waals surface area contributed by atoms with Crippen molar-refractivity contribution in [3.63, 3.8) is 0 Å². The number of thioether (sulfide) groups is 1. The van der Waals surface area contributed by atoms with Crippen molar-refractivity contribution in [2.75, 3.05) is 19.5 Å². The summed E-state index contributed by atoms with van der Waals surface area (Å²) in [7, 11) is 1.59. The molecule has 0 saturated heterocycles. The molecule has 0 spiro atoms. The molecule has 0 aliphatic carbocycles. The van der Waals surface area contributed by atoms with Gasteiger partial charge in [-0.1, -0.05) is 6.92 Å². The van der Waals surface area contributed by atoms with Crippen molar-refractivity contribution in [2.45, 2.75) is 25.2 Å². The van der Waals surface area contributed by atoms with E-state index in [1.165, 1.54) is 0 Å². The predicted molar refractivity (Wildman–Crippen MR) is 62.1 cm³/mol. The molecule has 0 radical (unpaired) electrons. The Morgan fingerprint density at radius 2 is 2.20 bits per heavy atom. The third-order valence-corrected chi connectivity index (χ3v) is 3.09. The number of rotatable bonds is 7. The molecule has 15 heavy (non-hydrogen) atoms. The number of furan rings is 1. The number of ether oxygens (including phenoxy) is 1. The monoisotopic (exact) mass is 230 g/mol. The minimum Gasteiger partial charge on any atom is -0.465 e. The Morgan fingerprint density at radius 1 is 1.47 bits per heavy atom. The highest BCUT2D eigenvalue weighted by Crippen LogP contribution is 2.16. The van der Waals surface area contributed by atoms with Gasteiger partial charge in [-0.25, -0.2) is 0 Å². The average Bonchev–Trinajstić information content (AvgIpc) is 2.66. The highest BCUT2D eigenvalue weighted by Gasteiger charge is 2.05. The van der Waals surface area contributed by atoms with Crippen molar-refractivity contribution >= 4 is 11.8 Å². The largest absolute Gasteiger partial charge is 0.465 e. The molecule has 1 unspecified atom stereocenters. The number of hydrogen-bond donors (Lipinski definition) is 1. The van der Waals surface area contributed by atoms with Crippen molar-refractivity contribution in [3.05, 3.63) is 23.7 Å². The molecule has 1 atom stereocenters. The summed E-state index contributed by atoms with van der Waals surface area (Å²) in [5.74, 6) is 3.47. The first-order valence-electron chi connectivity index (χ1n) is 5.08. The zero-order chi connectivity index (χ0) is 11.1. The Bertz CT molecular complexity index is 273. The third-order valence-electron chi connectivity index (χ3n) is 1.98. The van der Waals surface area contributed by atoms with Gasteiger partial charge in [0.25, 0.3) is 0 Å². The Balaban J connectivity index is 2.19. The molecule has 1 heterocycles.